The fourth-order valence-electron chi connectivity index (χ4n) is 4.10. The number of thiophene rings is 1. The zero-order valence-corrected chi connectivity index (χ0v) is 21.2. The zero-order valence-electron chi connectivity index (χ0n) is 20.4. The topological polar surface area (TPSA) is 115 Å². The summed E-state index contributed by atoms with van der Waals surface area (Å²) in [5.74, 6) is 0.401. The van der Waals surface area contributed by atoms with Crippen molar-refractivity contribution in [2.24, 2.45) is 0 Å². The van der Waals surface area contributed by atoms with Gasteiger partial charge in [0.1, 0.15) is 22.2 Å². The molecule has 0 aromatic carbocycles. The maximum Gasteiger partial charge on any atom is 0.410 e. The summed E-state index contributed by atoms with van der Waals surface area (Å²) in [6.45, 7) is 10.6. The molecule has 184 valence electrons. The van der Waals surface area contributed by atoms with E-state index >= 15 is 0 Å². The number of piperidine rings is 1. The lowest BCUT2D eigenvalue weighted by Crippen LogP contribution is -2.44. The van der Waals surface area contributed by atoms with E-state index < -0.39 is 5.60 Å². The Hall–Kier alpha value is -3.47. The Morgan fingerprint density at radius 1 is 1.17 bits per heavy atom. The summed E-state index contributed by atoms with van der Waals surface area (Å²) in [4.78, 5) is 39.4. The highest BCUT2D eigenvalue weighted by atomic mass is 32.1. The molecular weight excluding hydrogens is 468 g/mol. The van der Waals surface area contributed by atoms with Crippen LogP contribution in [0.25, 0.3) is 27.4 Å². The predicted octanol–water partition coefficient (Wildman–Crippen LogP) is 4.09. The quantitative estimate of drug-likeness (QED) is 0.454. The van der Waals surface area contributed by atoms with E-state index in [1.165, 1.54) is 11.3 Å². The van der Waals surface area contributed by atoms with Gasteiger partial charge >= 0.3 is 6.09 Å². The molecular formula is C24H28N6O4S. The number of aromatic nitrogens is 5. The normalized spacial score (nSPS) is 15.2. The van der Waals surface area contributed by atoms with E-state index in [0.29, 0.717) is 52.7 Å². The van der Waals surface area contributed by atoms with Gasteiger partial charge in [-0.2, -0.15) is 5.10 Å². The number of amides is 1. The minimum absolute atomic E-state index is 0.0449. The Morgan fingerprint density at radius 2 is 1.91 bits per heavy atom. The molecule has 1 aliphatic heterocycles. The van der Waals surface area contributed by atoms with E-state index in [1.54, 1.807) is 15.5 Å². The van der Waals surface area contributed by atoms with Gasteiger partial charge in [0, 0.05) is 32.0 Å². The molecule has 35 heavy (non-hydrogen) atoms. The van der Waals surface area contributed by atoms with E-state index in [0.717, 1.165) is 16.9 Å². The van der Waals surface area contributed by atoms with Crippen LogP contribution in [-0.2, 0) is 4.74 Å². The molecule has 0 radical (unpaired) electrons. The Kier molecular flexibility index (Phi) is 5.74. The molecule has 0 spiro atoms. The van der Waals surface area contributed by atoms with Gasteiger partial charge in [0.25, 0.3) is 5.56 Å². The molecule has 5 heterocycles. The van der Waals surface area contributed by atoms with Crippen LogP contribution in [0.3, 0.4) is 0 Å². The number of fused-ring (bicyclic) bond motifs is 2. The van der Waals surface area contributed by atoms with Crippen molar-refractivity contribution in [2.45, 2.75) is 59.2 Å². The molecule has 4 aromatic heterocycles. The van der Waals surface area contributed by atoms with Crippen LogP contribution < -0.4 is 10.3 Å². The van der Waals surface area contributed by atoms with Gasteiger partial charge in [-0.25, -0.2) is 19.3 Å². The number of carbonyl (C=O) groups is 1. The van der Waals surface area contributed by atoms with Gasteiger partial charge in [-0.05, 0) is 46.2 Å². The standard InChI is InChI=1S/C24H28N6O4S/c1-13-10-17(28-30-12-14(2)25-20(13)30)19-26-21(31)16-11-18(35-22(16)27-19)33-15-6-8-29(9-7-15)23(32)34-24(3,4)5/h10-12,15H,6-9H2,1-5H3,(H,26,27,31). The number of hydrogen-bond acceptors (Lipinski definition) is 8. The molecule has 0 bridgehead atoms. The number of ether oxygens (including phenoxy) is 2. The average Bonchev–Trinajstić information content (AvgIpc) is 3.36. The number of nitrogens with one attached hydrogen (secondary N) is 1. The lowest BCUT2D eigenvalue weighted by Gasteiger charge is -2.33. The number of H-pyrrole nitrogens is 1. The Labute approximate surface area is 205 Å². The summed E-state index contributed by atoms with van der Waals surface area (Å²) in [7, 11) is 0. The Bertz CT molecular complexity index is 1470. The monoisotopic (exact) mass is 496 g/mol. The predicted molar refractivity (Wildman–Crippen MR) is 133 cm³/mol. The van der Waals surface area contributed by atoms with Crippen LogP contribution in [-0.4, -0.2) is 60.4 Å². The summed E-state index contributed by atoms with van der Waals surface area (Å²) in [6.07, 6.45) is 2.88. The average molecular weight is 497 g/mol. The van der Waals surface area contributed by atoms with E-state index in [-0.39, 0.29) is 17.8 Å². The number of hydrogen-bond donors (Lipinski definition) is 1. The van der Waals surface area contributed by atoms with Crippen molar-refractivity contribution < 1.29 is 14.3 Å². The van der Waals surface area contributed by atoms with Crippen LogP contribution in [0.15, 0.2) is 23.1 Å². The van der Waals surface area contributed by atoms with Gasteiger partial charge in [0.15, 0.2) is 16.5 Å². The van der Waals surface area contributed by atoms with Crippen LogP contribution in [0, 0.1) is 13.8 Å². The summed E-state index contributed by atoms with van der Waals surface area (Å²) in [5.41, 5.74) is 2.40. The van der Waals surface area contributed by atoms with Crippen molar-refractivity contribution in [1.82, 2.24) is 29.5 Å². The number of nitrogens with zero attached hydrogens (tertiary/aromatic N) is 5. The first kappa shape index (κ1) is 23.3. The van der Waals surface area contributed by atoms with Crippen molar-refractivity contribution in [3.63, 3.8) is 0 Å². The zero-order chi connectivity index (χ0) is 24.9. The third-order valence-electron chi connectivity index (χ3n) is 5.73. The van der Waals surface area contributed by atoms with Crippen molar-refractivity contribution in [3.8, 4) is 16.6 Å². The van der Waals surface area contributed by atoms with E-state index in [1.807, 2.05) is 46.9 Å². The maximum atomic E-state index is 12.8. The lowest BCUT2D eigenvalue weighted by molar-refractivity contribution is 0.0129. The maximum absolute atomic E-state index is 12.8. The summed E-state index contributed by atoms with van der Waals surface area (Å²) in [6, 6.07) is 3.60. The van der Waals surface area contributed by atoms with Crippen LogP contribution in [0.4, 0.5) is 4.79 Å². The van der Waals surface area contributed by atoms with E-state index in [4.69, 9.17) is 9.47 Å². The molecule has 1 fully saturated rings. The van der Waals surface area contributed by atoms with E-state index in [9.17, 15) is 9.59 Å². The molecule has 1 aliphatic rings. The first-order chi connectivity index (χ1) is 16.6. The number of imidazole rings is 1. The molecule has 1 N–H and O–H groups in total. The van der Waals surface area contributed by atoms with Crippen molar-refractivity contribution in [2.75, 3.05) is 13.1 Å². The number of aryl methyl sites for hydroxylation is 2. The van der Waals surface area contributed by atoms with Crippen molar-refractivity contribution >= 4 is 33.3 Å². The lowest BCUT2D eigenvalue weighted by atomic mass is 10.1. The second kappa shape index (κ2) is 8.63. The summed E-state index contributed by atoms with van der Waals surface area (Å²) in [5, 5.41) is 5.69. The second-order valence-electron chi connectivity index (χ2n) is 9.85. The van der Waals surface area contributed by atoms with Gasteiger partial charge in [-0.15, -0.1) is 0 Å². The summed E-state index contributed by atoms with van der Waals surface area (Å²) >= 11 is 1.34. The molecule has 1 saturated heterocycles. The molecule has 5 rings (SSSR count). The second-order valence-corrected chi connectivity index (χ2v) is 10.8. The van der Waals surface area contributed by atoms with Crippen molar-refractivity contribution in [3.05, 3.63) is 39.9 Å². The highest BCUT2D eigenvalue weighted by Gasteiger charge is 2.28. The highest BCUT2D eigenvalue weighted by molar-refractivity contribution is 7.20. The van der Waals surface area contributed by atoms with Gasteiger partial charge in [0.05, 0.1) is 17.3 Å². The molecule has 1 amide bonds. The van der Waals surface area contributed by atoms with E-state index in [2.05, 4.69) is 20.1 Å². The van der Waals surface area contributed by atoms with Gasteiger partial charge < -0.3 is 19.4 Å². The minimum atomic E-state index is -0.516. The first-order valence-corrected chi connectivity index (χ1v) is 12.4. The largest absolute Gasteiger partial charge is 0.481 e. The van der Waals surface area contributed by atoms with Crippen LogP contribution in [0.2, 0.25) is 0 Å². The fourth-order valence-corrected chi connectivity index (χ4v) is 5.05. The third kappa shape index (κ3) is 4.86. The van der Waals surface area contributed by atoms with Gasteiger partial charge in [0.2, 0.25) is 0 Å². The molecule has 0 atom stereocenters. The van der Waals surface area contributed by atoms with Gasteiger partial charge in [-0.3, -0.25) is 4.79 Å². The van der Waals surface area contributed by atoms with Crippen LogP contribution in [0.5, 0.6) is 5.06 Å². The third-order valence-corrected chi connectivity index (χ3v) is 6.65. The summed E-state index contributed by atoms with van der Waals surface area (Å²) < 4.78 is 13.3. The SMILES string of the molecule is Cc1cn2nc(-c3nc4sc(OC5CCN(C(=O)OC(C)(C)C)CC5)cc4c(=O)[nH]3)cc(C)c2n1. The molecule has 0 aliphatic carbocycles. The number of rotatable bonds is 3. The Balaban J connectivity index is 1.33. The minimum Gasteiger partial charge on any atom is -0.481 e. The molecule has 10 nitrogen and oxygen atoms in total. The molecule has 11 heteroatoms. The Morgan fingerprint density at radius 3 is 2.63 bits per heavy atom. The molecule has 0 saturated carbocycles. The number of carbonyl (C=O) groups excluding carboxylic acids is 1. The first-order valence-electron chi connectivity index (χ1n) is 11.6. The number of likely N-dealkylation sites (tertiary alicyclic amines) is 1. The van der Waals surface area contributed by atoms with Crippen molar-refractivity contribution in [1.29, 1.82) is 0 Å². The molecule has 0 unspecified atom stereocenters. The van der Waals surface area contributed by atoms with Crippen LogP contribution >= 0.6 is 11.3 Å². The fraction of sp³-hybridized carbons (Fsp3) is 0.458. The molecule has 4 aromatic rings. The highest BCUT2D eigenvalue weighted by Crippen LogP contribution is 2.32. The van der Waals surface area contributed by atoms with Gasteiger partial charge in [-0.1, -0.05) is 11.3 Å². The van der Waals surface area contributed by atoms with Crippen LogP contribution in [0.1, 0.15) is 44.9 Å². The number of aromatic amines is 1. The smallest absolute Gasteiger partial charge is 0.410 e.